The van der Waals surface area contributed by atoms with Crippen LogP contribution in [0.5, 0.6) is 0 Å². The van der Waals surface area contributed by atoms with Gasteiger partial charge >= 0.3 is 0 Å². The molecule has 0 bridgehead atoms. The molecule has 4 aromatic rings. The fourth-order valence-electron chi connectivity index (χ4n) is 2.94. The molecule has 0 aliphatic heterocycles. The van der Waals surface area contributed by atoms with E-state index in [9.17, 15) is 9.90 Å². The lowest BCUT2D eigenvalue weighted by Gasteiger charge is -2.10. The molecule has 0 saturated heterocycles. The first kappa shape index (κ1) is 17.6. The molecule has 0 spiro atoms. The van der Waals surface area contributed by atoms with Crippen molar-refractivity contribution in [2.24, 2.45) is 0 Å². The topological polar surface area (TPSA) is 66.2 Å². The lowest BCUT2D eigenvalue weighted by Crippen LogP contribution is -2.22. The number of rotatable bonds is 3. The van der Waals surface area contributed by atoms with Gasteiger partial charge in [-0.2, -0.15) is 0 Å². The molecule has 27 heavy (non-hydrogen) atoms. The molecule has 0 unspecified atom stereocenters. The highest BCUT2D eigenvalue weighted by Crippen LogP contribution is 2.35. The number of nitrogens with zero attached hydrogens (tertiary/aromatic N) is 1. The Bertz CT molecular complexity index is 1200. The molecule has 0 saturated carbocycles. The molecule has 0 fully saturated rings. The Morgan fingerprint density at radius 2 is 1.78 bits per heavy atom. The summed E-state index contributed by atoms with van der Waals surface area (Å²) in [6.45, 7) is 1.89. The van der Waals surface area contributed by atoms with Crippen molar-refractivity contribution in [1.82, 2.24) is 4.98 Å². The molecule has 134 valence electrons. The van der Waals surface area contributed by atoms with Gasteiger partial charge in [0.05, 0.1) is 16.5 Å². The third-order valence-corrected chi connectivity index (χ3v) is 4.80. The average molecular weight is 397 g/mol. The minimum Gasteiger partial charge on any atom is -0.545 e. The molecule has 0 atom stereocenters. The second kappa shape index (κ2) is 6.72. The first-order chi connectivity index (χ1) is 12.9. The van der Waals surface area contributed by atoms with Crippen molar-refractivity contribution in [2.45, 2.75) is 6.92 Å². The predicted molar refractivity (Wildman–Crippen MR) is 104 cm³/mol. The molecule has 2 aromatic carbocycles. The molecule has 4 nitrogen and oxygen atoms in total. The van der Waals surface area contributed by atoms with Crippen LogP contribution < -0.4 is 5.11 Å². The summed E-state index contributed by atoms with van der Waals surface area (Å²) < 4.78 is 5.88. The zero-order chi connectivity index (χ0) is 19.1. The zero-order valence-electron chi connectivity index (χ0n) is 14.1. The summed E-state index contributed by atoms with van der Waals surface area (Å²) in [5, 5.41) is 13.2. The number of carboxylic acid groups (broad SMARTS) is 1. The number of benzene rings is 2. The van der Waals surface area contributed by atoms with Crippen LogP contribution in [-0.4, -0.2) is 11.0 Å². The molecule has 0 aliphatic rings. The molecular formula is C21H12Cl2NO3-. The second-order valence-electron chi connectivity index (χ2n) is 6.15. The van der Waals surface area contributed by atoms with Crippen LogP contribution in [0.15, 0.2) is 59.0 Å². The van der Waals surface area contributed by atoms with Crippen LogP contribution in [0, 0.1) is 6.92 Å². The van der Waals surface area contributed by atoms with Gasteiger partial charge in [0, 0.05) is 21.5 Å². The second-order valence-corrected chi connectivity index (χ2v) is 6.99. The normalized spacial score (nSPS) is 11.1. The summed E-state index contributed by atoms with van der Waals surface area (Å²) in [6, 6.07) is 15.4. The van der Waals surface area contributed by atoms with E-state index in [-0.39, 0.29) is 5.56 Å². The van der Waals surface area contributed by atoms with Gasteiger partial charge in [-0.25, -0.2) is 4.98 Å². The highest BCUT2D eigenvalue weighted by Gasteiger charge is 2.14. The number of aromatic carboxylic acids is 1. The fourth-order valence-corrected chi connectivity index (χ4v) is 3.32. The number of hydrogen-bond acceptors (Lipinski definition) is 4. The number of aromatic nitrogens is 1. The van der Waals surface area contributed by atoms with Gasteiger partial charge in [-0.3, -0.25) is 0 Å². The highest BCUT2D eigenvalue weighted by atomic mass is 35.5. The van der Waals surface area contributed by atoms with Crippen LogP contribution in [0.4, 0.5) is 0 Å². The Labute approximate surface area is 165 Å². The monoisotopic (exact) mass is 396 g/mol. The maximum absolute atomic E-state index is 11.6. The summed E-state index contributed by atoms with van der Waals surface area (Å²) in [7, 11) is 0. The molecule has 6 heteroatoms. The molecule has 0 amide bonds. The van der Waals surface area contributed by atoms with Crippen molar-refractivity contribution in [3.05, 3.63) is 75.8 Å². The molecule has 0 N–H and O–H groups in total. The van der Waals surface area contributed by atoms with E-state index >= 15 is 0 Å². The number of furan rings is 1. The van der Waals surface area contributed by atoms with Crippen molar-refractivity contribution >= 4 is 40.1 Å². The number of carbonyl (C=O) groups is 1. The summed E-state index contributed by atoms with van der Waals surface area (Å²) in [6.07, 6.45) is 0. The van der Waals surface area contributed by atoms with Crippen LogP contribution in [0.25, 0.3) is 33.7 Å². The predicted octanol–water partition coefficient (Wildman–Crippen LogP) is 5.14. The van der Waals surface area contributed by atoms with Crippen molar-refractivity contribution in [2.75, 3.05) is 0 Å². The van der Waals surface area contributed by atoms with E-state index in [1.54, 1.807) is 42.5 Å². The molecule has 0 aliphatic carbocycles. The smallest absolute Gasteiger partial charge is 0.153 e. The number of hydrogen-bond donors (Lipinski definition) is 0. The number of pyridine rings is 1. The van der Waals surface area contributed by atoms with E-state index in [4.69, 9.17) is 27.6 Å². The van der Waals surface area contributed by atoms with Gasteiger partial charge in [-0.15, -0.1) is 0 Å². The van der Waals surface area contributed by atoms with Gasteiger partial charge in [-0.05, 0) is 55.5 Å². The minimum absolute atomic E-state index is 0.0671. The number of carboxylic acids is 1. The molecule has 4 rings (SSSR count). The molecular weight excluding hydrogens is 385 g/mol. The van der Waals surface area contributed by atoms with Crippen LogP contribution >= 0.6 is 23.2 Å². The van der Waals surface area contributed by atoms with E-state index in [0.717, 1.165) is 5.56 Å². The summed E-state index contributed by atoms with van der Waals surface area (Å²) >= 11 is 12.3. The van der Waals surface area contributed by atoms with Gasteiger partial charge in [0.2, 0.25) is 0 Å². The molecule has 2 heterocycles. The van der Waals surface area contributed by atoms with Crippen molar-refractivity contribution in [3.63, 3.8) is 0 Å². The van der Waals surface area contributed by atoms with Crippen molar-refractivity contribution in [3.8, 4) is 22.8 Å². The molecule has 0 radical (unpaired) electrons. The Morgan fingerprint density at radius 3 is 2.56 bits per heavy atom. The quantitative estimate of drug-likeness (QED) is 0.480. The number of carbonyl (C=O) groups excluding carboxylic acids is 1. The standard InChI is InChI=1S/C21H13Cl2NO3/c1-11-2-5-17-13(8-11)14(21(25)26)10-18(24-17)20-7-6-19(27-20)15-9-12(22)3-4-16(15)23/h2-10H,1H3,(H,25,26)/p-1. The van der Waals surface area contributed by atoms with E-state index in [1.165, 1.54) is 6.07 Å². The lowest BCUT2D eigenvalue weighted by molar-refractivity contribution is -0.254. The largest absolute Gasteiger partial charge is 0.545 e. The van der Waals surface area contributed by atoms with Crippen LogP contribution in [0.3, 0.4) is 0 Å². The van der Waals surface area contributed by atoms with Crippen LogP contribution in [0.1, 0.15) is 15.9 Å². The summed E-state index contributed by atoms with van der Waals surface area (Å²) in [5.74, 6) is -0.330. The lowest BCUT2D eigenvalue weighted by atomic mass is 10.0. The maximum atomic E-state index is 11.6. The third-order valence-electron chi connectivity index (χ3n) is 4.24. The van der Waals surface area contributed by atoms with E-state index in [0.29, 0.717) is 43.7 Å². The summed E-state index contributed by atoms with van der Waals surface area (Å²) in [5.41, 5.74) is 2.60. The van der Waals surface area contributed by atoms with Crippen LogP contribution in [-0.2, 0) is 0 Å². The molecule has 2 aromatic heterocycles. The van der Waals surface area contributed by atoms with Crippen molar-refractivity contribution in [1.29, 1.82) is 0 Å². The number of fused-ring (bicyclic) bond motifs is 1. The fraction of sp³-hybridized carbons (Fsp3) is 0.0476. The SMILES string of the molecule is Cc1ccc2nc(-c3ccc(-c4cc(Cl)ccc4Cl)o3)cc(C(=O)[O-])c2c1. The number of aryl methyl sites for hydroxylation is 1. The van der Waals surface area contributed by atoms with Crippen LogP contribution in [0.2, 0.25) is 10.0 Å². The minimum atomic E-state index is -1.26. The van der Waals surface area contributed by atoms with Gasteiger partial charge in [0.25, 0.3) is 0 Å². The Morgan fingerprint density at radius 1 is 1.00 bits per heavy atom. The van der Waals surface area contributed by atoms with Crippen molar-refractivity contribution < 1.29 is 14.3 Å². The first-order valence-electron chi connectivity index (χ1n) is 8.11. The summed E-state index contributed by atoms with van der Waals surface area (Å²) in [4.78, 5) is 16.1. The highest BCUT2D eigenvalue weighted by molar-refractivity contribution is 6.35. The Balaban J connectivity index is 1.86. The van der Waals surface area contributed by atoms with Gasteiger partial charge < -0.3 is 14.3 Å². The van der Waals surface area contributed by atoms with E-state index in [1.807, 2.05) is 13.0 Å². The Hall–Kier alpha value is -2.82. The average Bonchev–Trinajstić information content (AvgIpc) is 3.12. The maximum Gasteiger partial charge on any atom is 0.153 e. The van der Waals surface area contributed by atoms with Gasteiger partial charge in [0.15, 0.2) is 5.76 Å². The van der Waals surface area contributed by atoms with Gasteiger partial charge in [-0.1, -0.05) is 34.8 Å². The first-order valence-corrected chi connectivity index (χ1v) is 8.86. The third kappa shape index (κ3) is 3.29. The number of halogens is 2. The Kier molecular flexibility index (Phi) is 4.38. The van der Waals surface area contributed by atoms with E-state index < -0.39 is 5.97 Å². The van der Waals surface area contributed by atoms with Gasteiger partial charge in [0.1, 0.15) is 11.5 Å². The zero-order valence-corrected chi connectivity index (χ0v) is 15.6. The van der Waals surface area contributed by atoms with E-state index in [2.05, 4.69) is 4.98 Å².